The predicted molar refractivity (Wildman–Crippen MR) is 136 cm³/mol. The summed E-state index contributed by atoms with van der Waals surface area (Å²) < 4.78 is 33.5. The molecule has 10 heteroatoms. The third kappa shape index (κ3) is 7.28. The molecule has 196 valence electrons. The van der Waals surface area contributed by atoms with E-state index in [1.165, 1.54) is 21.9 Å². The molecule has 9 nitrogen and oxygen atoms in total. The van der Waals surface area contributed by atoms with Crippen LogP contribution < -0.4 is 4.72 Å². The molecule has 1 saturated heterocycles. The molecule has 2 aromatic rings. The number of nitrogens with zero attached hydrogens (tertiary/aromatic N) is 2. The Morgan fingerprint density at radius 3 is 2.19 bits per heavy atom. The van der Waals surface area contributed by atoms with E-state index in [1.807, 2.05) is 51.1 Å². The average Bonchev–Trinajstić information content (AvgIpc) is 3.12. The SMILES string of the molecule is CC(C)(C)c1ccc(S(=O)(=O)NC(CO)C(=O)N2CCCN(C(=O)OCc3ccccc3)CC2)cc1. The van der Waals surface area contributed by atoms with Gasteiger partial charge in [0.2, 0.25) is 15.9 Å². The van der Waals surface area contributed by atoms with Gasteiger partial charge >= 0.3 is 6.09 Å². The van der Waals surface area contributed by atoms with Gasteiger partial charge in [0.05, 0.1) is 11.5 Å². The maximum atomic E-state index is 13.1. The van der Waals surface area contributed by atoms with E-state index in [-0.39, 0.29) is 30.0 Å². The van der Waals surface area contributed by atoms with Crippen molar-refractivity contribution in [3.05, 3.63) is 65.7 Å². The van der Waals surface area contributed by atoms with E-state index < -0.39 is 34.7 Å². The molecule has 1 atom stereocenters. The van der Waals surface area contributed by atoms with E-state index >= 15 is 0 Å². The van der Waals surface area contributed by atoms with Crippen molar-refractivity contribution in [2.45, 2.75) is 50.2 Å². The number of aliphatic hydroxyl groups is 1. The standard InChI is InChI=1S/C26H35N3O6S/c1-26(2,3)21-10-12-22(13-11-21)36(33,34)27-23(18-30)24(31)28-14-7-15-29(17-16-28)25(32)35-19-20-8-5-4-6-9-20/h4-6,8-13,23,27,30H,7,14-19H2,1-3H3. The second-order valence-electron chi connectivity index (χ2n) is 9.84. The number of carbonyl (C=O) groups excluding carboxylic acids is 2. The van der Waals surface area contributed by atoms with E-state index in [9.17, 15) is 23.1 Å². The molecule has 2 N–H and O–H groups in total. The Hall–Kier alpha value is -2.95. The van der Waals surface area contributed by atoms with Crippen LogP contribution in [0.1, 0.15) is 38.3 Å². The highest BCUT2D eigenvalue weighted by Crippen LogP contribution is 2.23. The van der Waals surface area contributed by atoms with Crippen molar-refractivity contribution in [3.63, 3.8) is 0 Å². The summed E-state index contributed by atoms with van der Waals surface area (Å²) in [7, 11) is -4.03. The van der Waals surface area contributed by atoms with Crippen LogP contribution in [0.5, 0.6) is 0 Å². The molecule has 3 rings (SSSR count). The number of carbonyl (C=O) groups is 2. The Morgan fingerprint density at radius 2 is 1.58 bits per heavy atom. The van der Waals surface area contributed by atoms with Gasteiger partial charge in [-0.05, 0) is 35.1 Å². The van der Waals surface area contributed by atoms with Crippen molar-refractivity contribution in [1.82, 2.24) is 14.5 Å². The fourth-order valence-corrected chi connectivity index (χ4v) is 5.09. The fraction of sp³-hybridized carbons (Fsp3) is 0.462. The van der Waals surface area contributed by atoms with Crippen molar-refractivity contribution in [2.24, 2.45) is 0 Å². The molecule has 1 fully saturated rings. The lowest BCUT2D eigenvalue weighted by molar-refractivity contribution is -0.133. The predicted octanol–water partition coefficient (Wildman–Crippen LogP) is 2.49. The molecule has 1 heterocycles. The number of hydrogen-bond donors (Lipinski definition) is 2. The van der Waals surface area contributed by atoms with Crippen LogP contribution in [-0.4, -0.2) is 74.2 Å². The van der Waals surface area contributed by atoms with E-state index in [2.05, 4.69) is 4.72 Å². The zero-order valence-electron chi connectivity index (χ0n) is 21.0. The van der Waals surface area contributed by atoms with Crippen molar-refractivity contribution in [1.29, 1.82) is 0 Å². The lowest BCUT2D eigenvalue weighted by Crippen LogP contribution is -2.51. The summed E-state index contributed by atoms with van der Waals surface area (Å²) in [5, 5.41) is 9.82. The minimum Gasteiger partial charge on any atom is -0.445 e. The molecule has 0 aromatic heterocycles. The van der Waals surface area contributed by atoms with Gasteiger partial charge in [0, 0.05) is 26.2 Å². The van der Waals surface area contributed by atoms with Gasteiger partial charge < -0.3 is 19.6 Å². The molecule has 1 unspecified atom stereocenters. The quantitative estimate of drug-likeness (QED) is 0.583. The van der Waals surface area contributed by atoms with Gasteiger partial charge in [0.15, 0.2) is 0 Å². The van der Waals surface area contributed by atoms with Gasteiger partial charge in [-0.1, -0.05) is 63.2 Å². The monoisotopic (exact) mass is 517 g/mol. The molecular formula is C26H35N3O6S. The smallest absolute Gasteiger partial charge is 0.410 e. The molecule has 0 bridgehead atoms. The first-order valence-corrected chi connectivity index (χ1v) is 13.5. The number of nitrogens with one attached hydrogen (secondary N) is 1. The summed E-state index contributed by atoms with van der Waals surface area (Å²) in [5.74, 6) is -0.535. The molecule has 2 aromatic carbocycles. The number of sulfonamides is 1. The minimum atomic E-state index is -4.03. The number of benzene rings is 2. The molecule has 0 spiro atoms. The van der Waals surface area contributed by atoms with Crippen molar-refractivity contribution in [2.75, 3.05) is 32.8 Å². The zero-order valence-corrected chi connectivity index (χ0v) is 21.8. The van der Waals surface area contributed by atoms with Crippen LogP contribution >= 0.6 is 0 Å². The summed E-state index contributed by atoms with van der Waals surface area (Å²) >= 11 is 0. The molecule has 1 aliphatic heterocycles. The number of aliphatic hydroxyl groups excluding tert-OH is 1. The van der Waals surface area contributed by atoms with Gasteiger partial charge in [-0.15, -0.1) is 0 Å². The van der Waals surface area contributed by atoms with Crippen LogP contribution in [0.4, 0.5) is 4.79 Å². The molecule has 0 saturated carbocycles. The highest BCUT2D eigenvalue weighted by Gasteiger charge is 2.31. The fourth-order valence-electron chi connectivity index (χ4n) is 3.91. The van der Waals surface area contributed by atoms with Crippen molar-refractivity contribution < 1.29 is 27.9 Å². The highest BCUT2D eigenvalue weighted by molar-refractivity contribution is 7.89. The molecule has 0 aliphatic carbocycles. The summed E-state index contributed by atoms with van der Waals surface area (Å²) in [4.78, 5) is 28.6. The van der Waals surface area contributed by atoms with Gasteiger partial charge in [-0.25, -0.2) is 13.2 Å². The van der Waals surface area contributed by atoms with Gasteiger partial charge in [0.25, 0.3) is 0 Å². The lowest BCUT2D eigenvalue weighted by atomic mass is 9.87. The summed E-state index contributed by atoms with van der Waals surface area (Å²) in [6, 6.07) is 14.5. The maximum absolute atomic E-state index is 13.1. The molecule has 1 aliphatic rings. The lowest BCUT2D eigenvalue weighted by Gasteiger charge is -2.26. The maximum Gasteiger partial charge on any atom is 0.410 e. The van der Waals surface area contributed by atoms with Gasteiger partial charge in [0.1, 0.15) is 12.6 Å². The van der Waals surface area contributed by atoms with Crippen LogP contribution in [0.3, 0.4) is 0 Å². The topological polar surface area (TPSA) is 116 Å². The van der Waals surface area contributed by atoms with E-state index in [0.29, 0.717) is 19.5 Å². The zero-order chi connectivity index (χ0) is 26.3. The molecule has 2 amide bonds. The molecular weight excluding hydrogens is 482 g/mol. The second kappa shape index (κ2) is 11.9. The van der Waals surface area contributed by atoms with E-state index in [0.717, 1.165) is 11.1 Å². The Morgan fingerprint density at radius 1 is 0.972 bits per heavy atom. The summed E-state index contributed by atoms with van der Waals surface area (Å²) in [6.45, 7) is 6.76. The molecule has 36 heavy (non-hydrogen) atoms. The highest BCUT2D eigenvalue weighted by atomic mass is 32.2. The number of hydrogen-bond acceptors (Lipinski definition) is 6. The second-order valence-corrected chi connectivity index (χ2v) is 11.6. The van der Waals surface area contributed by atoms with Crippen molar-refractivity contribution in [3.8, 4) is 0 Å². The third-order valence-corrected chi connectivity index (χ3v) is 7.57. The van der Waals surface area contributed by atoms with Gasteiger partial charge in [-0.3, -0.25) is 4.79 Å². The van der Waals surface area contributed by atoms with Crippen LogP contribution in [0, 0.1) is 0 Å². The first-order valence-electron chi connectivity index (χ1n) is 12.0. The van der Waals surface area contributed by atoms with Crippen LogP contribution in [-0.2, 0) is 31.6 Å². The Balaban J connectivity index is 1.58. The molecule has 0 radical (unpaired) electrons. The number of amides is 2. The first kappa shape index (κ1) is 27.6. The van der Waals surface area contributed by atoms with Crippen LogP contribution in [0.2, 0.25) is 0 Å². The van der Waals surface area contributed by atoms with E-state index in [1.54, 1.807) is 12.1 Å². The number of ether oxygens (including phenoxy) is 1. The summed E-state index contributed by atoms with van der Waals surface area (Å²) in [5.41, 5.74) is 1.73. The largest absolute Gasteiger partial charge is 0.445 e. The number of rotatable bonds is 7. The van der Waals surface area contributed by atoms with Crippen molar-refractivity contribution >= 4 is 22.0 Å². The Kier molecular flexibility index (Phi) is 9.10. The average molecular weight is 518 g/mol. The Labute approximate surface area is 213 Å². The minimum absolute atomic E-state index is 0.0185. The van der Waals surface area contributed by atoms with E-state index in [4.69, 9.17) is 4.74 Å². The van der Waals surface area contributed by atoms with Crippen LogP contribution in [0.15, 0.2) is 59.5 Å². The third-order valence-electron chi connectivity index (χ3n) is 6.08. The van der Waals surface area contributed by atoms with Gasteiger partial charge in [-0.2, -0.15) is 4.72 Å². The normalized spacial score (nSPS) is 15.8. The Bertz CT molecular complexity index is 1130. The first-order chi connectivity index (χ1) is 17.0. The van der Waals surface area contributed by atoms with Crippen LogP contribution in [0.25, 0.3) is 0 Å². The summed E-state index contributed by atoms with van der Waals surface area (Å²) in [6.07, 6.45) is 0.0389.